The molecule has 13 nitrogen and oxygen atoms in total. The van der Waals surface area contributed by atoms with E-state index in [0.717, 1.165) is 22.4 Å². The predicted molar refractivity (Wildman–Crippen MR) is 143 cm³/mol. The fraction of sp³-hybridized carbons (Fsp3) is 0.296. The number of aromatic nitrogens is 2. The van der Waals surface area contributed by atoms with Gasteiger partial charge in [0.2, 0.25) is 5.75 Å². The molecule has 6 atom stereocenters. The van der Waals surface area contributed by atoms with Crippen molar-refractivity contribution in [1.82, 2.24) is 9.55 Å². The van der Waals surface area contributed by atoms with Crippen LogP contribution >= 0.6 is 8.17 Å². The molecule has 1 aliphatic rings. The van der Waals surface area contributed by atoms with E-state index >= 15 is 0 Å². The largest absolute Gasteiger partial charge is 0.575 e. The van der Waals surface area contributed by atoms with Crippen LogP contribution in [0.2, 0.25) is 0 Å². The minimum Gasteiger partial charge on any atom is -0.575 e. The van der Waals surface area contributed by atoms with Crippen molar-refractivity contribution in [2.75, 3.05) is 6.61 Å². The third-order valence-corrected chi connectivity index (χ3v) is 6.98. The Balaban J connectivity index is 1.43. The van der Waals surface area contributed by atoms with Crippen molar-refractivity contribution in [2.45, 2.75) is 43.6 Å². The van der Waals surface area contributed by atoms with E-state index in [0.29, 0.717) is 0 Å². The second kappa shape index (κ2) is 12.9. The molecule has 14 heteroatoms. The highest BCUT2D eigenvalue weighted by Crippen LogP contribution is 2.39. The zero-order valence-electron chi connectivity index (χ0n) is 21.7. The lowest BCUT2D eigenvalue weighted by Crippen LogP contribution is -2.46. The Kier molecular flexibility index (Phi) is 9.34. The molecule has 1 unspecified atom stereocenters. The third-order valence-electron chi connectivity index (χ3n) is 6.09. The summed E-state index contributed by atoms with van der Waals surface area (Å²) in [7, 11) is -2.74. The van der Waals surface area contributed by atoms with E-state index in [1.165, 1.54) is 19.1 Å². The van der Waals surface area contributed by atoms with E-state index in [1.54, 1.807) is 36.4 Å². The molecule has 1 fully saturated rings. The van der Waals surface area contributed by atoms with Crippen molar-refractivity contribution >= 4 is 14.1 Å². The number of para-hydroxylation sites is 2. The molecule has 2 aromatic carbocycles. The fourth-order valence-electron chi connectivity index (χ4n) is 3.89. The number of esters is 1. The fourth-order valence-corrected chi connectivity index (χ4v) is 4.63. The predicted octanol–water partition coefficient (Wildman–Crippen LogP) is 0.605. The van der Waals surface area contributed by atoms with Crippen LogP contribution < -0.4 is 25.4 Å². The van der Waals surface area contributed by atoms with Gasteiger partial charge in [0.05, 0.1) is 0 Å². The van der Waals surface area contributed by atoms with Gasteiger partial charge in [-0.25, -0.2) is 9.59 Å². The number of nitrogens with one attached hydrogen (secondary N) is 1. The molecule has 0 spiro atoms. The molecule has 3 aromatic rings. The van der Waals surface area contributed by atoms with Gasteiger partial charge in [0.15, 0.2) is 23.6 Å². The van der Waals surface area contributed by atoms with Gasteiger partial charge in [0.25, 0.3) is 5.56 Å². The summed E-state index contributed by atoms with van der Waals surface area (Å²) in [6, 6.07) is 15.0. The van der Waals surface area contributed by atoms with Crippen molar-refractivity contribution in [1.29, 1.82) is 0 Å². The number of ether oxygens (including phenoxy) is 3. The van der Waals surface area contributed by atoms with Crippen LogP contribution in [-0.4, -0.2) is 56.2 Å². The first-order valence-corrected chi connectivity index (χ1v) is 13.4. The number of hydrogen-bond donors (Lipinski definition) is 3. The number of carbonyl (C=O) groups is 1. The van der Waals surface area contributed by atoms with Gasteiger partial charge in [-0.05, 0) is 24.6 Å². The molecule has 0 amide bonds. The van der Waals surface area contributed by atoms with Crippen LogP contribution in [0.3, 0.4) is 0 Å². The molecular formula is C27H26N3O10P. The molecule has 1 saturated heterocycles. The van der Waals surface area contributed by atoms with Crippen LogP contribution in [0.15, 0.2) is 81.2 Å². The van der Waals surface area contributed by atoms with Crippen molar-refractivity contribution in [2.24, 2.45) is 4.74 Å². The molecule has 3 N–H and O–H groups in total. The van der Waals surface area contributed by atoms with E-state index in [2.05, 4.69) is 10.7 Å². The first-order valence-electron chi connectivity index (χ1n) is 12.2. The van der Waals surface area contributed by atoms with Crippen LogP contribution in [0.1, 0.15) is 18.7 Å². The number of rotatable bonds is 10. The number of carbonyl (C=O) groups excluding carboxylic acids is 1. The molecule has 1 aromatic heterocycles. The lowest BCUT2D eigenvalue weighted by Gasteiger charge is -2.26. The standard InChI is InChI=1S/C27H26N3O10P/c1-3-27(23(33)22(32)24(39-27)30-14-13-21(31)28-26(30)35)16-38-19-11-7-8-12-20(19)40-41(36)29-17(2)25(34)37-15-18-9-5-4-6-10-18/h1,4-14,17,22-24,32-33H,15-16H2,2H3,(H,28,31,35)/t17-,22-,23+,24-,27-/m1/s1. The monoisotopic (exact) mass is 583 g/mol. The Morgan fingerprint density at radius 3 is 2.56 bits per heavy atom. The highest BCUT2D eigenvalue weighted by atomic mass is 31.1. The van der Waals surface area contributed by atoms with Gasteiger partial charge in [-0.3, -0.25) is 18.9 Å². The van der Waals surface area contributed by atoms with Crippen LogP contribution in [0, 0.1) is 12.3 Å². The number of aromatic amines is 1. The van der Waals surface area contributed by atoms with E-state index < -0.39 is 62.1 Å². The summed E-state index contributed by atoms with van der Waals surface area (Å²) < 4.78 is 26.8. The van der Waals surface area contributed by atoms with E-state index in [9.17, 15) is 29.5 Å². The van der Waals surface area contributed by atoms with Gasteiger partial charge >= 0.3 is 19.8 Å². The lowest BCUT2D eigenvalue weighted by molar-refractivity contribution is -0.169. The van der Waals surface area contributed by atoms with Crippen LogP contribution in [-0.2, 0) is 20.9 Å². The minimum atomic E-state index is -2.74. The quantitative estimate of drug-likeness (QED) is 0.174. The Labute approximate surface area is 234 Å². The van der Waals surface area contributed by atoms with E-state index in [-0.39, 0.29) is 18.1 Å². The maximum absolute atomic E-state index is 12.6. The Bertz CT molecular complexity index is 1570. The first-order chi connectivity index (χ1) is 19.6. The van der Waals surface area contributed by atoms with Gasteiger partial charge in [-0.1, -0.05) is 53.1 Å². The van der Waals surface area contributed by atoms with Crippen molar-refractivity contribution in [3.8, 4) is 23.8 Å². The average molecular weight is 583 g/mol. The summed E-state index contributed by atoms with van der Waals surface area (Å²) in [5, 5.41) is 21.3. The maximum atomic E-state index is 12.6. The highest BCUT2D eigenvalue weighted by molar-refractivity contribution is 7.34. The summed E-state index contributed by atoms with van der Waals surface area (Å²) in [5.74, 6) is 1.60. The van der Waals surface area contributed by atoms with Gasteiger partial charge in [0, 0.05) is 12.3 Å². The molecule has 0 saturated carbocycles. The van der Waals surface area contributed by atoms with Gasteiger partial charge in [0.1, 0.15) is 25.4 Å². The zero-order valence-corrected chi connectivity index (χ0v) is 22.5. The third kappa shape index (κ3) is 6.89. The van der Waals surface area contributed by atoms with E-state index in [4.69, 9.17) is 25.2 Å². The summed E-state index contributed by atoms with van der Waals surface area (Å²) in [5.41, 5.74) is -2.68. The second-order valence-electron chi connectivity index (χ2n) is 8.94. The normalized spacial score (nSPS) is 22.9. The smallest absolute Gasteiger partial charge is 0.395 e. The molecule has 2 heterocycles. The Hall–Kier alpha value is -4.31. The maximum Gasteiger partial charge on any atom is 0.395 e. The summed E-state index contributed by atoms with van der Waals surface area (Å²) in [6.45, 7) is 0.926. The van der Waals surface area contributed by atoms with Crippen molar-refractivity contribution in [3.63, 3.8) is 0 Å². The number of benzene rings is 2. The molecule has 41 heavy (non-hydrogen) atoms. The minimum absolute atomic E-state index is 0.0178. The highest BCUT2D eigenvalue weighted by Gasteiger charge is 2.55. The summed E-state index contributed by atoms with van der Waals surface area (Å²) >= 11 is 0. The van der Waals surface area contributed by atoms with Crippen LogP contribution in [0.5, 0.6) is 11.5 Å². The molecule has 214 valence electrons. The molecule has 0 bridgehead atoms. The van der Waals surface area contributed by atoms with Crippen LogP contribution in [0.4, 0.5) is 0 Å². The molecule has 4 rings (SSSR count). The number of aliphatic hydroxyl groups is 2. The van der Waals surface area contributed by atoms with Gasteiger partial charge < -0.3 is 29.3 Å². The Morgan fingerprint density at radius 2 is 1.88 bits per heavy atom. The second-order valence-corrected chi connectivity index (χ2v) is 9.83. The molecular weight excluding hydrogens is 557 g/mol. The zero-order chi connectivity index (χ0) is 29.6. The lowest BCUT2D eigenvalue weighted by atomic mass is 9.97. The summed E-state index contributed by atoms with van der Waals surface area (Å²) in [4.78, 5) is 50.5. The number of hydrogen-bond acceptors (Lipinski definition) is 11. The van der Waals surface area contributed by atoms with Crippen LogP contribution in [0.25, 0.3) is 0 Å². The van der Waals surface area contributed by atoms with Crippen molar-refractivity contribution in [3.05, 3.63) is 93.3 Å². The van der Waals surface area contributed by atoms with Crippen molar-refractivity contribution < 1.29 is 38.6 Å². The Morgan fingerprint density at radius 1 is 1.20 bits per heavy atom. The first kappa shape index (κ1) is 29.7. The number of aliphatic hydroxyl groups excluding tert-OH is 2. The average Bonchev–Trinajstić information content (AvgIpc) is 3.21. The number of nitrogens with zero attached hydrogens (tertiary/aromatic N) is 2. The van der Waals surface area contributed by atoms with E-state index in [1.807, 2.05) is 11.1 Å². The number of H-pyrrole nitrogens is 1. The van der Waals surface area contributed by atoms with Gasteiger partial charge in [-0.15, -0.1) is 6.42 Å². The van der Waals surface area contributed by atoms with Gasteiger partial charge in [-0.2, -0.15) is 0 Å². The topological polar surface area (TPSA) is 185 Å². The molecule has 0 aliphatic carbocycles. The molecule has 0 radical (unpaired) electrons. The SMILES string of the molecule is C#C[C@]1(COc2ccccc2O[P+]([O-])=N[C@H](C)C(=O)OCc2ccccc2)O[C@@H](n2ccc(=O)[nH]c2=O)[C@H](O)[C@@H]1O. The number of terminal acetylenes is 1. The summed E-state index contributed by atoms with van der Waals surface area (Å²) in [6.07, 6.45) is 1.96. The molecule has 1 aliphatic heterocycles.